The smallest absolute Gasteiger partial charge is 0.0694 e. The van der Waals surface area contributed by atoms with Gasteiger partial charge in [-0.2, -0.15) is 0 Å². The lowest BCUT2D eigenvalue weighted by Crippen LogP contribution is -1.98. The van der Waals surface area contributed by atoms with Gasteiger partial charge >= 0.3 is 0 Å². The Kier molecular flexibility index (Phi) is 10.5. The molecule has 1 rings (SSSR count). The summed E-state index contributed by atoms with van der Waals surface area (Å²) in [4.78, 5) is 5.00. The lowest BCUT2D eigenvalue weighted by Gasteiger charge is -2.17. The second-order valence-electron chi connectivity index (χ2n) is 7.41. The molecule has 0 aliphatic rings. The SMILES string of the molecule is CCCCP(CC=Nc1c(C(C)C)cccc1C(C)C)CCCC. The number of unbranched alkanes of at least 4 members (excludes halogenated alkanes) is 2. The third-order valence-electron chi connectivity index (χ3n) is 4.56. The third kappa shape index (κ3) is 7.06. The van der Waals surface area contributed by atoms with Crippen LogP contribution in [0, 0.1) is 0 Å². The Balaban J connectivity index is 2.90. The van der Waals surface area contributed by atoms with Crippen molar-refractivity contribution in [2.45, 2.75) is 79.1 Å². The molecule has 0 aliphatic carbocycles. The maximum absolute atomic E-state index is 5.00. The molecule has 0 fully saturated rings. The summed E-state index contributed by atoms with van der Waals surface area (Å²) in [6, 6.07) is 6.69. The Labute approximate surface area is 152 Å². The minimum absolute atomic E-state index is 0.132. The van der Waals surface area contributed by atoms with Gasteiger partial charge in [-0.1, -0.05) is 72.6 Å². The van der Waals surface area contributed by atoms with Crippen molar-refractivity contribution in [1.29, 1.82) is 0 Å². The minimum atomic E-state index is 0.132. The van der Waals surface area contributed by atoms with Crippen LogP contribution >= 0.6 is 7.92 Å². The highest BCUT2D eigenvalue weighted by Gasteiger charge is 2.13. The molecule has 24 heavy (non-hydrogen) atoms. The largest absolute Gasteiger partial charge is 0.260 e. The predicted molar refractivity (Wildman–Crippen MR) is 114 cm³/mol. The van der Waals surface area contributed by atoms with Gasteiger partial charge in [0.1, 0.15) is 0 Å². The van der Waals surface area contributed by atoms with Crippen molar-refractivity contribution in [3.8, 4) is 0 Å². The van der Waals surface area contributed by atoms with E-state index in [9.17, 15) is 0 Å². The fourth-order valence-electron chi connectivity index (χ4n) is 2.97. The van der Waals surface area contributed by atoms with E-state index in [4.69, 9.17) is 4.99 Å². The first kappa shape index (κ1) is 21.4. The number of benzene rings is 1. The second-order valence-corrected chi connectivity index (χ2v) is 10.0. The molecular weight excluding hydrogens is 309 g/mol. The van der Waals surface area contributed by atoms with Crippen molar-refractivity contribution >= 4 is 19.8 Å². The van der Waals surface area contributed by atoms with Gasteiger partial charge < -0.3 is 0 Å². The van der Waals surface area contributed by atoms with E-state index in [0.717, 1.165) is 0 Å². The first-order valence-corrected chi connectivity index (χ1v) is 11.8. The zero-order chi connectivity index (χ0) is 17.9. The normalized spacial score (nSPS) is 12.2. The highest BCUT2D eigenvalue weighted by atomic mass is 31.1. The molecule has 0 unspecified atom stereocenters. The topological polar surface area (TPSA) is 12.4 Å². The molecule has 0 heterocycles. The quantitative estimate of drug-likeness (QED) is 0.287. The summed E-state index contributed by atoms with van der Waals surface area (Å²) >= 11 is 0. The summed E-state index contributed by atoms with van der Waals surface area (Å²) in [5.41, 5.74) is 4.02. The molecule has 0 spiro atoms. The van der Waals surface area contributed by atoms with Gasteiger partial charge in [-0.25, -0.2) is 0 Å². The van der Waals surface area contributed by atoms with Crippen LogP contribution in [-0.4, -0.2) is 24.7 Å². The van der Waals surface area contributed by atoms with Crippen molar-refractivity contribution in [2.24, 2.45) is 4.99 Å². The van der Waals surface area contributed by atoms with Crippen molar-refractivity contribution in [3.63, 3.8) is 0 Å². The second kappa shape index (κ2) is 11.8. The first-order valence-electron chi connectivity index (χ1n) is 9.88. The maximum atomic E-state index is 5.00. The average molecular weight is 348 g/mol. The molecule has 1 nitrogen and oxygen atoms in total. The number of rotatable bonds is 11. The molecular formula is C22H38NP. The van der Waals surface area contributed by atoms with Gasteiger partial charge in [-0.05, 0) is 48.1 Å². The summed E-state index contributed by atoms with van der Waals surface area (Å²) in [6.45, 7) is 13.7. The van der Waals surface area contributed by atoms with E-state index in [-0.39, 0.29) is 7.92 Å². The van der Waals surface area contributed by atoms with Gasteiger partial charge in [0.25, 0.3) is 0 Å². The van der Waals surface area contributed by atoms with Crippen LogP contribution in [0.25, 0.3) is 0 Å². The molecule has 1 aromatic carbocycles. The van der Waals surface area contributed by atoms with Gasteiger partial charge in [0, 0.05) is 12.4 Å². The number of para-hydroxylation sites is 1. The fourth-order valence-corrected chi connectivity index (χ4v) is 5.39. The maximum Gasteiger partial charge on any atom is 0.0694 e. The molecule has 0 radical (unpaired) electrons. The van der Waals surface area contributed by atoms with E-state index in [1.165, 1.54) is 61.0 Å². The summed E-state index contributed by atoms with van der Waals surface area (Å²) in [7, 11) is 0.132. The number of nitrogens with zero attached hydrogens (tertiary/aromatic N) is 1. The van der Waals surface area contributed by atoms with Crippen LogP contribution in [0.2, 0.25) is 0 Å². The number of hydrogen-bond donors (Lipinski definition) is 0. The van der Waals surface area contributed by atoms with Crippen LogP contribution in [0.15, 0.2) is 23.2 Å². The highest BCUT2D eigenvalue weighted by Crippen LogP contribution is 2.38. The van der Waals surface area contributed by atoms with Crippen LogP contribution in [-0.2, 0) is 0 Å². The van der Waals surface area contributed by atoms with Crippen molar-refractivity contribution in [2.75, 3.05) is 18.5 Å². The Morgan fingerprint density at radius 3 is 1.83 bits per heavy atom. The Bertz CT molecular complexity index is 456. The Morgan fingerprint density at radius 2 is 1.42 bits per heavy atom. The van der Waals surface area contributed by atoms with E-state index in [1.54, 1.807) is 0 Å². The van der Waals surface area contributed by atoms with Crippen molar-refractivity contribution in [1.82, 2.24) is 0 Å². The molecule has 0 saturated heterocycles. The lowest BCUT2D eigenvalue weighted by molar-refractivity contribution is 0.835. The van der Waals surface area contributed by atoms with Gasteiger partial charge in [0.15, 0.2) is 0 Å². The van der Waals surface area contributed by atoms with E-state index >= 15 is 0 Å². The number of hydrogen-bond acceptors (Lipinski definition) is 1. The predicted octanol–water partition coefficient (Wildman–Crippen LogP) is 7.72. The molecule has 0 N–H and O–H groups in total. The monoisotopic (exact) mass is 347 g/mol. The summed E-state index contributed by atoms with van der Waals surface area (Å²) < 4.78 is 0. The molecule has 0 aromatic heterocycles. The summed E-state index contributed by atoms with van der Waals surface area (Å²) in [5.74, 6) is 1.05. The van der Waals surface area contributed by atoms with Crippen LogP contribution in [0.4, 0.5) is 5.69 Å². The Hall–Kier alpha value is -0.680. The summed E-state index contributed by atoms with van der Waals surface area (Å²) in [6.07, 6.45) is 11.7. The molecule has 0 saturated carbocycles. The van der Waals surface area contributed by atoms with Crippen molar-refractivity contribution < 1.29 is 0 Å². The van der Waals surface area contributed by atoms with E-state index in [1.807, 2.05) is 0 Å². The molecule has 1 aromatic rings. The average Bonchev–Trinajstić information content (AvgIpc) is 2.56. The van der Waals surface area contributed by atoms with Crippen LogP contribution in [0.3, 0.4) is 0 Å². The van der Waals surface area contributed by atoms with Crippen molar-refractivity contribution in [3.05, 3.63) is 29.3 Å². The summed E-state index contributed by atoms with van der Waals surface area (Å²) in [5, 5.41) is 0. The molecule has 0 atom stereocenters. The van der Waals surface area contributed by atoms with Gasteiger partial charge in [-0.15, -0.1) is 7.92 Å². The standard InChI is InChI=1S/C22H38NP/c1-7-9-15-24(16-10-8-2)17-14-23-22-20(18(3)4)12-11-13-21(22)19(5)6/h11-14,18-19H,7-10,15-17H2,1-6H3. The molecule has 0 amide bonds. The molecule has 2 heteroatoms. The van der Waals surface area contributed by atoms with E-state index < -0.39 is 0 Å². The zero-order valence-corrected chi connectivity index (χ0v) is 17.7. The Morgan fingerprint density at radius 1 is 0.917 bits per heavy atom. The zero-order valence-electron chi connectivity index (χ0n) is 16.8. The van der Waals surface area contributed by atoms with E-state index in [0.29, 0.717) is 11.8 Å². The lowest BCUT2D eigenvalue weighted by atomic mass is 9.93. The first-order chi connectivity index (χ1) is 11.5. The van der Waals surface area contributed by atoms with Crippen LogP contribution in [0.5, 0.6) is 0 Å². The van der Waals surface area contributed by atoms with E-state index in [2.05, 4.69) is 66.0 Å². The molecule has 0 aliphatic heterocycles. The highest BCUT2D eigenvalue weighted by molar-refractivity contribution is 7.58. The third-order valence-corrected chi connectivity index (χ3v) is 7.14. The molecule has 136 valence electrons. The minimum Gasteiger partial charge on any atom is -0.260 e. The van der Waals surface area contributed by atoms with Crippen LogP contribution < -0.4 is 0 Å². The van der Waals surface area contributed by atoms with Gasteiger partial charge in [0.05, 0.1) is 5.69 Å². The van der Waals surface area contributed by atoms with Gasteiger partial charge in [0.2, 0.25) is 0 Å². The molecule has 0 bridgehead atoms. The van der Waals surface area contributed by atoms with Gasteiger partial charge in [-0.3, -0.25) is 4.99 Å². The fraction of sp³-hybridized carbons (Fsp3) is 0.682. The van der Waals surface area contributed by atoms with Crippen LogP contribution in [0.1, 0.15) is 90.2 Å². The number of aliphatic imine (C=N–C) groups is 1.